The first-order valence-corrected chi connectivity index (χ1v) is 5.06. The second-order valence-corrected chi connectivity index (χ2v) is 3.60. The fourth-order valence-electron chi connectivity index (χ4n) is 1.62. The molecule has 2 heterocycles. The molecule has 0 atom stereocenters. The summed E-state index contributed by atoms with van der Waals surface area (Å²) in [6.45, 7) is 0.319. The van der Waals surface area contributed by atoms with E-state index in [1.807, 2.05) is 0 Å². The molecule has 90 valence electrons. The van der Waals surface area contributed by atoms with E-state index in [2.05, 4.69) is 25.0 Å². The molecule has 0 unspecified atom stereocenters. The lowest BCUT2D eigenvalue weighted by Gasteiger charge is -1.98. The average molecular weight is 245 g/mol. The number of fused-ring (bicyclic) bond motifs is 1. The standard InChI is InChI=1S/C10H7N5O3/c16-10(17)6-1-2-8-7(3-6)12-14-15(8)4-9-11-5-18-13-9/h1-3,5H,4H2,(H,16,17). The van der Waals surface area contributed by atoms with Gasteiger partial charge < -0.3 is 9.63 Å². The van der Waals surface area contributed by atoms with Crippen LogP contribution in [0.2, 0.25) is 0 Å². The van der Waals surface area contributed by atoms with Crippen LogP contribution in [0.3, 0.4) is 0 Å². The number of aromatic carboxylic acids is 1. The van der Waals surface area contributed by atoms with Crippen LogP contribution in [0.15, 0.2) is 29.1 Å². The molecule has 8 heteroatoms. The lowest BCUT2D eigenvalue weighted by molar-refractivity contribution is 0.0697. The van der Waals surface area contributed by atoms with E-state index in [4.69, 9.17) is 5.11 Å². The predicted molar refractivity (Wildman–Crippen MR) is 57.9 cm³/mol. The minimum atomic E-state index is -0.996. The quantitative estimate of drug-likeness (QED) is 0.718. The van der Waals surface area contributed by atoms with Crippen LogP contribution in [0.4, 0.5) is 0 Å². The molecule has 0 aliphatic rings. The first kappa shape index (κ1) is 10.4. The second-order valence-electron chi connectivity index (χ2n) is 3.60. The average Bonchev–Trinajstić information content (AvgIpc) is 2.99. The summed E-state index contributed by atoms with van der Waals surface area (Å²) < 4.78 is 6.20. The smallest absolute Gasteiger partial charge is 0.335 e. The van der Waals surface area contributed by atoms with E-state index in [1.165, 1.54) is 18.5 Å². The molecule has 18 heavy (non-hydrogen) atoms. The Balaban J connectivity index is 2.02. The molecule has 3 rings (SSSR count). The molecule has 0 aliphatic heterocycles. The van der Waals surface area contributed by atoms with Gasteiger partial charge in [-0.05, 0) is 18.2 Å². The van der Waals surface area contributed by atoms with Gasteiger partial charge in [0.2, 0.25) is 6.39 Å². The first-order chi connectivity index (χ1) is 8.74. The molecule has 0 fully saturated rings. The molecule has 0 amide bonds. The van der Waals surface area contributed by atoms with Gasteiger partial charge in [-0.15, -0.1) is 5.10 Å². The van der Waals surface area contributed by atoms with Gasteiger partial charge in [0.25, 0.3) is 0 Å². The highest BCUT2D eigenvalue weighted by molar-refractivity contribution is 5.92. The number of aromatic nitrogens is 5. The van der Waals surface area contributed by atoms with Crippen molar-refractivity contribution < 1.29 is 14.4 Å². The van der Waals surface area contributed by atoms with Crippen LogP contribution >= 0.6 is 0 Å². The summed E-state index contributed by atoms with van der Waals surface area (Å²) in [5.74, 6) is -0.520. The molecule has 8 nitrogen and oxygen atoms in total. The predicted octanol–water partition coefficient (Wildman–Crippen LogP) is 0.561. The Morgan fingerprint density at radius 1 is 1.44 bits per heavy atom. The van der Waals surface area contributed by atoms with E-state index in [0.717, 1.165) is 0 Å². The highest BCUT2D eigenvalue weighted by Gasteiger charge is 2.10. The van der Waals surface area contributed by atoms with Crippen LogP contribution in [0, 0.1) is 0 Å². The number of nitrogens with zero attached hydrogens (tertiary/aromatic N) is 5. The monoisotopic (exact) mass is 245 g/mol. The number of rotatable bonds is 3. The fourth-order valence-corrected chi connectivity index (χ4v) is 1.62. The zero-order chi connectivity index (χ0) is 12.5. The molecule has 3 aromatic rings. The van der Waals surface area contributed by atoms with Gasteiger partial charge in [0.05, 0.1) is 11.1 Å². The van der Waals surface area contributed by atoms with Gasteiger partial charge in [0.1, 0.15) is 12.1 Å². The molecule has 0 spiro atoms. The lowest BCUT2D eigenvalue weighted by atomic mass is 10.2. The van der Waals surface area contributed by atoms with E-state index in [0.29, 0.717) is 23.4 Å². The van der Waals surface area contributed by atoms with Crippen LogP contribution in [0.5, 0.6) is 0 Å². The molecule has 0 saturated carbocycles. The molecular formula is C10H7N5O3. The molecule has 0 saturated heterocycles. The van der Waals surface area contributed by atoms with Gasteiger partial charge in [-0.1, -0.05) is 10.4 Å². The van der Waals surface area contributed by atoms with Gasteiger partial charge in [-0.2, -0.15) is 4.98 Å². The fraction of sp³-hybridized carbons (Fsp3) is 0.100. The summed E-state index contributed by atoms with van der Waals surface area (Å²) >= 11 is 0. The Morgan fingerprint density at radius 3 is 3.06 bits per heavy atom. The third-order valence-corrected chi connectivity index (χ3v) is 2.46. The Bertz CT molecular complexity index is 703. The summed E-state index contributed by atoms with van der Waals surface area (Å²) in [5, 5.41) is 20.4. The molecule has 2 aromatic heterocycles. The van der Waals surface area contributed by atoms with Crippen molar-refractivity contribution >= 4 is 17.0 Å². The molecule has 0 bridgehead atoms. The van der Waals surface area contributed by atoms with E-state index in [1.54, 1.807) is 10.7 Å². The van der Waals surface area contributed by atoms with Gasteiger partial charge in [-0.3, -0.25) is 0 Å². The van der Waals surface area contributed by atoms with Crippen LogP contribution in [-0.4, -0.2) is 36.2 Å². The van der Waals surface area contributed by atoms with Gasteiger partial charge in [-0.25, -0.2) is 9.48 Å². The van der Waals surface area contributed by atoms with E-state index >= 15 is 0 Å². The Morgan fingerprint density at radius 2 is 2.33 bits per heavy atom. The maximum Gasteiger partial charge on any atom is 0.335 e. The molecular weight excluding hydrogens is 238 g/mol. The molecule has 0 aliphatic carbocycles. The van der Waals surface area contributed by atoms with Crippen molar-refractivity contribution in [2.75, 3.05) is 0 Å². The minimum absolute atomic E-state index is 0.175. The Hall–Kier alpha value is -2.77. The van der Waals surface area contributed by atoms with Crippen molar-refractivity contribution in [3.05, 3.63) is 36.0 Å². The van der Waals surface area contributed by atoms with Crippen molar-refractivity contribution in [3.63, 3.8) is 0 Å². The molecule has 1 N–H and O–H groups in total. The van der Waals surface area contributed by atoms with Crippen molar-refractivity contribution in [1.29, 1.82) is 0 Å². The van der Waals surface area contributed by atoms with E-state index in [9.17, 15) is 4.79 Å². The summed E-state index contributed by atoms with van der Waals surface area (Å²) in [5.41, 5.74) is 1.40. The van der Waals surface area contributed by atoms with Gasteiger partial charge in [0.15, 0.2) is 5.82 Å². The Labute approximate surface area is 99.8 Å². The van der Waals surface area contributed by atoms with Crippen LogP contribution in [-0.2, 0) is 6.54 Å². The van der Waals surface area contributed by atoms with Crippen LogP contribution in [0.25, 0.3) is 11.0 Å². The van der Waals surface area contributed by atoms with Crippen molar-refractivity contribution in [2.24, 2.45) is 0 Å². The highest BCUT2D eigenvalue weighted by atomic mass is 16.5. The van der Waals surface area contributed by atoms with Crippen LogP contribution < -0.4 is 0 Å². The zero-order valence-corrected chi connectivity index (χ0v) is 9.02. The van der Waals surface area contributed by atoms with E-state index < -0.39 is 5.97 Å². The number of hydrogen-bond donors (Lipinski definition) is 1. The minimum Gasteiger partial charge on any atom is -0.478 e. The van der Waals surface area contributed by atoms with E-state index in [-0.39, 0.29) is 5.56 Å². The Kier molecular flexibility index (Phi) is 2.26. The number of carboxylic acid groups (broad SMARTS) is 1. The van der Waals surface area contributed by atoms with Gasteiger partial charge in [0, 0.05) is 0 Å². The maximum atomic E-state index is 10.8. The number of benzene rings is 1. The summed E-state index contributed by atoms with van der Waals surface area (Å²) in [6.07, 6.45) is 1.23. The number of hydrogen-bond acceptors (Lipinski definition) is 6. The third kappa shape index (κ3) is 1.69. The first-order valence-electron chi connectivity index (χ1n) is 5.06. The van der Waals surface area contributed by atoms with Crippen molar-refractivity contribution in [3.8, 4) is 0 Å². The SMILES string of the molecule is O=C(O)c1ccc2c(c1)nnn2Cc1ncon1. The number of carbonyl (C=O) groups is 1. The zero-order valence-electron chi connectivity index (χ0n) is 9.02. The third-order valence-electron chi connectivity index (χ3n) is 2.46. The van der Waals surface area contributed by atoms with Crippen molar-refractivity contribution in [1.82, 2.24) is 25.1 Å². The van der Waals surface area contributed by atoms with Gasteiger partial charge >= 0.3 is 5.97 Å². The number of carboxylic acids is 1. The normalized spacial score (nSPS) is 10.9. The molecule has 1 aromatic carbocycles. The summed E-state index contributed by atoms with van der Waals surface area (Å²) in [6, 6.07) is 4.62. The van der Waals surface area contributed by atoms with Crippen LogP contribution in [0.1, 0.15) is 16.2 Å². The molecule has 0 radical (unpaired) electrons. The highest BCUT2D eigenvalue weighted by Crippen LogP contribution is 2.14. The second kappa shape index (κ2) is 3.91. The maximum absolute atomic E-state index is 10.8. The summed E-state index contributed by atoms with van der Waals surface area (Å²) in [4.78, 5) is 14.7. The summed E-state index contributed by atoms with van der Waals surface area (Å²) in [7, 11) is 0. The van der Waals surface area contributed by atoms with Crippen molar-refractivity contribution in [2.45, 2.75) is 6.54 Å². The lowest BCUT2D eigenvalue weighted by Crippen LogP contribution is -2.03. The largest absolute Gasteiger partial charge is 0.478 e. The topological polar surface area (TPSA) is 107 Å².